The summed E-state index contributed by atoms with van der Waals surface area (Å²) in [5, 5.41) is 0. The molecule has 114 valence electrons. The van der Waals surface area contributed by atoms with E-state index < -0.39 is 0 Å². The predicted molar refractivity (Wildman–Crippen MR) is 84.6 cm³/mol. The summed E-state index contributed by atoms with van der Waals surface area (Å²) in [4.78, 5) is 2.15. The first-order valence-electron chi connectivity index (χ1n) is 7.70. The first-order valence-corrected chi connectivity index (χ1v) is 7.70. The molecular weight excluding hydrogens is 250 g/mol. The van der Waals surface area contributed by atoms with Crippen LogP contribution in [0.2, 0.25) is 0 Å². The minimum Gasteiger partial charge on any atom is -0.493 e. The van der Waals surface area contributed by atoms with Crippen molar-refractivity contribution in [1.82, 2.24) is 4.90 Å². The summed E-state index contributed by atoms with van der Waals surface area (Å²) in [5.41, 5.74) is 1.23. The van der Waals surface area contributed by atoms with E-state index in [4.69, 9.17) is 9.47 Å². The van der Waals surface area contributed by atoms with Crippen LogP contribution in [-0.2, 0) is 6.54 Å². The molecule has 1 aromatic rings. The van der Waals surface area contributed by atoms with E-state index in [2.05, 4.69) is 45.0 Å². The number of rotatable bonds is 10. The van der Waals surface area contributed by atoms with Crippen molar-refractivity contribution in [3.63, 3.8) is 0 Å². The van der Waals surface area contributed by atoms with Gasteiger partial charge < -0.3 is 14.4 Å². The van der Waals surface area contributed by atoms with Crippen LogP contribution < -0.4 is 9.47 Å². The summed E-state index contributed by atoms with van der Waals surface area (Å²) in [5.74, 6) is 1.84. The topological polar surface area (TPSA) is 21.7 Å². The van der Waals surface area contributed by atoms with Crippen LogP contribution in [0.5, 0.6) is 11.5 Å². The van der Waals surface area contributed by atoms with Crippen LogP contribution in [0.25, 0.3) is 0 Å². The Morgan fingerprint density at radius 3 is 1.75 bits per heavy atom. The fraction of sp³-hybridized carbons (Fsp3) is 0.647. The Morgan fingerprint density at radius 2 is 1.35 bits per heavy atom. The van der Waals surface area contributed by atoms with Gasteiger partial charge in [0.25, 0.3) is 0 Å². The van der Waals surface area contributed by atoms with E-state index in [0.717, 1.165) is 56.9 Å². The van der Waals surface area contributed by atoms with E-state index in [1.54, 1.807) is 0 Å². The molecule has 0 heterocycles. The van der Waals surface area contributed by atoms with Gasteiger partial charge in [-0.05, 0) is 44.6 Å². The third kappa shape index (κ3) is 6.80. The van der Waals surface area contributed by atoms with Gasteiger partial charge in [-0.1, -0.05) is 26.7 Å². The summed E-state index contributed by atoms with van der Waals surface area (Å²) < 4.78 is 11.6. The molecule has 0 radical (unpaired) electrons. The molecule has 0 aliphatic heterocycles. The normalized spacial score (nSPS) is 10.8. The number of benzene rings is 1. The lowest BCUT2D eigenvalue weighted by Gasteiger charge is -2.14. The average Bonchev–Trinajstić information content (AvgIpc) is 2.38. The molecule has 0 fully saturated rings. The Hall–Kier alpha value is -1.22. The molecule has 1 rings (SSSR count). The third-order valence-electron chi connectivity index (χ3n) is 2.97. The number of nitrogens with zero attached hydrogens (tertiary/aromatic N) is 1. The highest BCUT2D eigenvalue weighted by molar-refractivity contribution is 5.38. The summed E-state index contributed by atoms with van der Waals surface area (Å²) in [6, 6.07) is 6.23. The summed E-state index contributed by atoms with van der Waals surface area (Å²) in [7, 11) is 4.14. The Labute approximate surface area is 123 Å². The summed E-state index contributed by atoms with van der Waals surface area (Å²) in [6.45, 7) is 6.79. The van der Waals surface area contributed by atoms with E-state index in [9.17, 15) is 0 Å². The Kier molecular flexibility index (Phi) is 8.12. The standard InChI is InChI=1S/C17H29NO2/c1-5-7-9-19-16-11-15(14-18(3)4)12-17(13-16)20-10-8-6-2/h11-13H,5-10,14H2,1-4H3. The molecule has 0 atom stereocenters. The average molecular weight is 279 g/mol. The maximum atomic E-state index is 5.82. The van der Waals surface area contributed by atoms with Crippen molar-refractivity contribution < 1.29 is 9.47 Å². The molecular formula is C17H29NO2. The van der Waals surface area contributed by atoms with Crippen LogP contribution in [-0.4, -0.2) is 32.2 Å². The Bertz CT molecular complexity index is 349. The lowest BCUT2D eigenvalue weighted by molar-refractivity contribution is 0.292. The van der Waals surface area contributed by atoms with E-state index in [1.165, 1.54) is 5.56 Å². The van der Waals surface area contributed by atoms with Crippen molar-refractivity contribution in [2.75, 3.05) is 27.3 Å². The predicted octanol–water partition coefficient (Wildman–Crippen LogP) is 4.11. The highest BCUT2D eigenvalue weighted by Crippen LogP contribution is 2.24. The molecule has 20 heavy (non-hydrogen) atoms. The van der Waals surface area contributed by atoms with Gasteiger partial charge in [-0.25, -0.2) is 0 Å². The third-order valence-corrected chi connectivity index (χ3v) is 2.97. The molecule has 0 spiro atoms. The van der Waals surface area contributed by atoms with Crippen LogP contribution in [0.15, 0.2) is 18.2 Å². The van der Waals surface area contributed by atoms with Crippen molar-refractivity contribution in [3.8, 4) is 11.5 Å². The monoisotopic (exact) mass is 279 g/mol. The SMILES string of the molecule is CCCCOc1cc(CN(C)C)cc(OCCCC)c1. The van der Waals surface area contributed by atoms with Crippen molar-refractivity contribution in [2.45, 2.75) is 46.1 Å². The molecule has 0 unspecified atom stereocenters. The first kappa shape index (κ1) is 16.8. The molecule has 0 saturated carbocycles. The quantitative estimate of drug-likeness (QED) is 0.602. The fourth-order valence-electron chi connectivity index (χ4n) is 1.92. The second-order valence-electron chi connectivity index (χ2n) is 5.45. The largest absolute Gasteiger partial charge is 0.493 e. The van der Waals surface area contributed by atoms with Crippen LogP contribution in [0.4, 0.5) is 0 Å². The van der Waals surface area contributed by atoms with Crippen molar-refractivity contribution in [2.24, 2.45) is 0 Å². The van der Waals surface area contributed by atoms with Gasteiger partial charge in [0, 0.05) is 12.6 Å². The minimum absolute atomic E-state index is 0.774. The second-order valence-corrected chi connectivity index (χ2v) is 5.45. The minimum atomic E-state index is 0.774. The molecule has 0 aliphatic carbocycles. The molecule has 0 saturated heterocycles. The van der Waals surface area contributed by atoms with Crippen LogP contribution in [0.1, 0.15) is 45.1 Å². The van der Waals surface area contributed by atoms with Gasteiger partial charge in [0.2, 0.25) is 0 Å². The first-order chi connectivity index (χ1) is 9.65. The zero-order valence-electron chi connectivity index (χ0n) is 13.4. The Balaban J connectivity index is 2.72. The fourth-order valence-corrected chi connectivity index (χ4v) is 1.92. The molecule has 3 nitrogen and oxygen atoms in total. The maximum Gasteiger partial charge on any atom is 0.123 e. The van der Waals surface area contributed by atoms with Gasteiger partial charge in [0.1, 0.15) is 11.5 Å². The number of unbranched alkanes of at least 4 members (excludes halogenated alkanes) is 2. The van der Waals surface area contributed by atoms with Crippen LogP contribution in [0, 0.1) is 0 Å². The van der Waals surface area contributed by atoms with E-state index in [-0.39, 0.29) is 0 Å². The zero-order chi connectivity index (χ0) is 14.8. The van der Waals surface area contributed by atoms with Gasteiger partial charge in [-0.15, -0.1) is 0 Å². The van der Waals surface area contributed by atoms with Crippen molar-refractivity contribution in [3.05, 3.63) is 23.8 Å². The highest BCUT2D eigenvalue weighted by atomic mass is 16.5. The van der Waals surface area contributed by atoms with E-state index in [0.29, 0.717) is 0 Å². The summed E-state index contributed by atoms with van der Waals surface area (Å²) in [6.07, 6.45) is 4.47. The molecule has 0 N–H and O–H groups in total. The number of hydrogen-bond donors (Lipinski definition) is 0. The van der Waals surface area contributed by atoms with Crippen molar-refractivity contribution >= 4 is 0 Å². The van der Waals surface area contributed by atoms with Crippen LogP contribution >= 0.6 is 0 Å². The van der Waals surface area contributed by atoms with Gasteiger partial charge in [-0.2, -0.15) is 0 Å². The number of ether oxygens (including phenoxy) is 2. The smallest absolute Gasteiger partial charge is 0.123 e. The van der Waals surface area contributed by atoms with Crippen LogP contribution in [0.3, 0.4) is 0 Å². The molecule has 0 bridgehead atoms. The zero-order valence-corrected chi connectivity index (χ0v) is 13.4. The second kappa shape index (κ2) is 9.65. The van der Waals surface area contributed by atoms with E-state index in [1.807, 2.05) is 6.07 Å². The van der Waals surface area contributed by atoms with E-state index >= 15 is 0 Å². The van der Waals surface area contributed by atoms with Crippen molar-refractivity contribution in [1.29, 1.82) is 0 Å². The van der Waals surface area contributed by atoms with Gasteiger partial charge in [0.15, 0.2) is 0 Å². The maximum absolute atomic E-state index is 5.82. The molecule has 0 amide bonds. The lowest BCUT2D eigenvalue weighted by atomic mass is 10.2. The highest BCUT2D eigenvalue weighted by Gasteiger charge is 2.04. The lowest BCUT2D eigenvalue weighted by Crippen LogP contribution is -2.11. The van der Waals surface area contributed by atoms with Gasteiger partial charge in [-0.3, -0.25) is 0 Å². The number of hydrogen-bond acceptors (Lipinski definition) is 3. The Morgan fingerprint density at radius 1 is 0.850 bits per heavy atom. The molecule has 0 aliphatic rings. The molecule has 3 heteroatoms. The van der Waals surface area contributed by atoms with Gasteiger partial charge >= 0.3 is 0 Å². The molecule has 0 aromatic heterocycles. The summed E-state index contributed by atoms with van der Waals surface area (Å²) >= 11 is 0. The molecule has 1 aromatic carbocycles. The van der Waals surface area contributed by atoms with Gasteiger partial charge in [0.05, 0.1) is 13.2 Å².